The normalized spacial score (nSPS) is 9.94. The van der Waals surface area contributed by atoms with Gasteiger partial charge in [0, 0.05) is 13.6 Å². The zero-order chi connectivity index (χ0) is 12.1. The van der Waals surface area contributed by atoms with Crippen molar-refractivity contribution < 1.29 is 9.59 Å². The van der Waals surface area contributed by atoms with Gasteiger partial charge in [0.15, 0.2) is 0 Å². The third-order valence-electron chi connectivity index (χ3n) is 2.08. The molecule has 0 aromatic carbocycles. The largest absolute Gasteiger partial charge is 0.341 e. The highest BCUT2D eigenvalue weighted by Gasteiger charge is 2.15. The van der Waals surface area contributed by atoms with Crippen LogP contribution in [0.25, 0.3) is 0 Å². The molecule has 0 bridgehead atoms. The molecular weight excluding hydrogens is 226 g/mol. The van der Waals surface area contributed by atoms with Crippen molar-refractivity contribution >= 4 is 23.2 Å². The van der Waals surface area contributed by atoms with E-state index in [1.807, 2.05) is 12.3 Å². The maximum absolute atomic E-state index is 11.8. The summed E-state index contributed by atoms with van der Waals surface area (Å²) in [5.41, 5.74) is 2.03. The molecular formula is C10H15N3O2S. The van der Waals surface area contributed by atoms with Crippen molar-refractivity contribution in [1.29, 1.82) is 0 Å². The fraction of sp³-hybridized carbons (Fsp3) is 0.400. The van der Waals surface area contributed by atoms with Gasteiger partial charge in [-0.2, -0.15) is 0 Å². The second-order valence-electron chi connectivity index (χ2n) is 3.36. The highest BCUT2D eigenvalue weighted by Crippen LogP contribution is 2.17. The maximum Gasteiger partial charge on any atom is 0.275 e. The van der Waals surface area contributed by atoms with Crippen LogP contribution in [-0.4, -0.2) is 30.3 Å². The van der Waals surface area contributed by atoms with Gasteiger partial charge in [0.2, 0.25) is 0 Å². The Morgan fingerprint density at radius 3 is 2.62 bits per heavy atom. The second kappa shape index (κ2) is 5.62. The van der Waals surface area contributed by atoms with Gasteiger partial charge >= 0.3 is 0 Å². The minimum Gasteiger partial charge on any atom is -0.341 e. The van der Waals surface area contributed by atoms with Crippen molar-refractivity contribution in [3.63, 3.8) is 0 Å². The number of nitrogens with zero attached hydrogens (tertiary/aromatic N) is 1. The predicted octanol–water partition coefficient (Wildman–Crippen LogP) is 0.834. The molecule has 1 aromatic heterocycles. The van der Waals surface area contributed by atoms with Gasteiger partial charge in [0.05, 0.1) is 9.75 Å². The Labute approximate surface area is 98.2 Å². The number of hydrogen-bond donors (Lipinski definition) is 2. The highest BCUT2D eigenvalue weighted by atomic mass is 32.1. The van der Waals surface area contributed by atoms with Gasteiger partial charge in [0.25, 0.3) is 11.8 Å². The van der Waals surface area contributed by atoms with E-state index in [2.05, 4.69) is 0 Å². The lowest BCUT2D eigenvalue weighted by Crippen LogP contribution is -2.29. The maximum atomic E-state index is 11.8. The number of hydrogen-bond acceptors (Lipinski definition) is 4. The average molecular weight is 241 g/mol. The zero-order valence-corrected chi connectivity index (χ0v) is 10.1. The molecule has 0 aliphatic rings. The van der Waals surface area contributed by atoms with E-state index in [0.29, 0.717) is 16.3 Å². The van der Waals surface area contributed by atoms with Gasteiger partial charge in [-0.15, -0.1) is 11.3 Å². The Morgan fingerprint density at radius 1 is 1.44 bits per heavy atom. The van der Waals surface area contributed by atoms with Crippen LogP contribution in [0.2, 0.25) is 0 Å². The molecule has 0 atom stereocenters. The monoisotopic (exact) mass is 241 g/mol. The molecule has 1 aromatic rings. The van der Waals surface area contributed by atoms with Crippen LogP contribution in [0.5, 0.6) is 0 Å². The van der Waals surface area contributed by atoms with Gasteiger partial charge in [-0.3, -0.25) is 15.0 Å². The first-order valence-corrected chi connectivity index (χ1v) is 5.78. The lowest BCUT2D eigenvalue weighted by atomic mass is 10.3. The summed E-state index contributed by atoms with van der Waals surface area (Å²) in [7, 11) is 1.74. The summed E-state index contributed by atoms with van der Waals surface area (Å²) >= 11 is 1.14. The van der Waals surface area contributed by atoms with Crippen LogP contribution < -0.4 is 11.3 Å². The molecule has 88 valence electrons. The number of thiophene rings is 1. The highest BCUT2D eigenvalue weighted by molar-refractivity contribution is 7.15. The molecule has 5 nitrogen and oxygen atoms in total. The molecule has 6 heteroatoms. The standard InChI is InChI=1S/C10H15N3O2S/c1-3-6-13(2)10(15)8-5-4-7(16-8)9(14)12-11/h4-5H,3,6,11H2,1-2H3,(H,12,14). The molecule has 0 unspecified atom stereocenters. The first kappa shape index (κ1) is 12.7. The Balaban J connectivity index is 2.77. The van der Waals surface area contributed by atoms with Crippen molar-refractivity contribution in [3.8, 4) is 0 Å². The Morgan fingerprint density at radius 2 is 2.06 bits per heavy atom. The van der Waals surface area contributed by atoms with Crippen molar-refractivity contribution in [2.24, 2.45) is 5.84 Å². The lowest BCUT2D eigenvalue weighted by molar-refractivity contribution is 0.0799. The Kier molecular flexibility index (Phi) is 4.45. The van der Waals surface area contributed by atoms with Gasteiger partial charge < -0.3 is 4.90 Å². The summed E-state index contributed by atoms with van der Waals surface area (Å²) in [5.74, 6) is 4.57. The molecule has 1 heterocycles. The molecule has 0 radical (unpaired) electrons. The number of carbonyl (C=O) groups excluding carboxylic acids is 2. The summed E-state index contributed by atoms with van der Waals surface area (Å²) in [5, 5.41) is 0. The van der Waals surface area contributed by atoms with E-state index in [9.17, 15) is 9.59 Å². The van der Waals surface area contributed by atoms with Gasteiger partial charge in [-0.05, 0) is 18.6 Å². The van der Waals surface area contributed by atoms with Gasteiger partial charge in [-0.1, -0.05) is 6.92 Å². The molecule has 1 rings (SSSR count). The van der Waals surface area contributed by atoms with E-state index in [0.717, 1.165) is 17.8 Å². The van der Waals surface area contributed by atoms with Crippen LogP contribution >= 0.6 is 11.3 Å². The van der Waals surface area contributed by atoms with E-state index in [4.69, 9.17) is 5.84 Å². The summed E-state index contributed by atoms with van der Waals surface area (Å²) in [6.45, 7) is 2.71. The van der Waals surface area contributed by atoms with E-state index in [1.165, 1.54) is 0 Å². The first-order valence-electron chi connectivity index (χ1n) is 4.96. The second-order valence-corrected chi connectivity index (χ2v) is 4.45. The number of nitrogens with one attached hydrogen (secondary N) is 1. The molecule has 0 spiro atoms. The van der Waals surface area contributed by atoms with Gasteiger partial charge in [0.1, 0.15) is 0 Å². The fourth-order valence-corrected chi connectivity index (χ4v) is 2.17. The molecule has 16 heavy (non-hydrogen) atoms. The SMILES string of the molecule is CCCN(C)C(=O)c1ccc(C(=O)NN)s1. The summed E-state index contributed by atoms with van der Waals surface area (Å²) < 4.78 is 0. The van der Waals surface area contributed by atoms with Crippen LogP contribution in [0.3, 0.4) is 0 Å². The number of nitrogen functional groups attached to an aromatic ring is 1. The van der Waals surface area contributed by atoms with Crippen LogP contribution in [0.1, 0.15) is 32.7 Å². The number of hydrazine groups is 1. The quantitative estimate of drug-likeness (QED) is 0.466. The number of carbonyl (C=O) groups is 2. The predicted molar refractivity (Wildman–Crippen MR) is 63.2 cm³/mol. The van der Waals surface area contributed by atoms with Gasteiger partial charge in [-0.25, -0.2) is 5.84 Å². The molecule has 2 amide bonds. The number of rotatable bonds is 4. The molecule has 0 saturated carbocycles. The van der Waals surface area contributed by atoms with Crippen LogP contribution in [-0.2, 0) is 0 Å². The van der Waals surface area contributed by atoms with E-state index in [-0.39, 0.29) is 11.8 Å². The fourth-order valence-electron chi connectivity index (χ4n) is 1.27. The first-order chi connectivity index (χ1) is 7.60. The molecule has 0 aliphatic carbocycles. The van der Waals surface area contributed by atoms with Crippen molar-refractivity contribution in [2.75, 3.05) is 13.6 Å². The molecule has 3 N–H and O–H groups in total. The lowest BCUT2D eigenvalue weighted by Gasteiger charge is -2.14. The van der Waals surface area contributed by atoms with Crippen LogP contribution in [0.15, 0.2) is 12.1 Å². The minimum atomic E-state index is -0.373. The van der Waals surface area contributed by atoms with Crippen molar-refractivity contribution in [3.05, 3.63) is 21.9 Å². The smallest absolute Gasteiger partial charge is 0.275 e. The molecule has 0 saturated heterocycles. The number of nitrogens with two attached hydrogens (primary N) is 1. The third kappa shape index (κ3) is 2.80. The Bertz CT molecular complexity index is 389. The van der Waals surface area contributed by atoms with Crippen LogP contribution in [0.4, 0.5) is 0 Å². The summed E-state index contributed by atoms with van der Waals surface area (Å²) in [6.07, 6.45) is 0.907. The van der Waals surface area contributed by atoms with E-state index < -0.39 is 0 Å². The zero-order valence-electron chi connectivity index (χ0n) is 9.32. The average Bonchev–Trinajstić information content (AvgIpc) is 2.76. The minimum absolute atomic E-state index is 0.0667. The molecule has 0 aliphatic heterocycles. The van der Waals surface area contributed by atoms with E-state index >= 15 is 0 Å². The van der Waals surface area contributed by atoms with Crippen molar-refractivity contribution in [2.45, 2.75) is 13.3 Å². The molecule has 0 fully saturated rings. The summed E-state index contributed by atoms with van der Waals surface area (Å²) in [6, 6.07) is 3.24. The van der Waals surface area contributed by atoms with E-state index in [1.54, 1.807) is 24.1 Å². The topological polar surface area (TPSA) is 75.4 Å². The van der Waals surface area contributed by atoms with Crippen molar-refractivity contribution in [1.82, 2.24) is 10.3 Å². The van der Waals surface area contributed by atoms with Crippen LogP contribution in [0, 0.1) is 0 Å². The number of amides is 2. The third-order valence-corrected chi connectivity index (χ3v) is 3.15. The Hall–Kier alpha value is -1.40. The summed E-state index contributed by atoms with van der Waals surface area (Å²) in [4.78, 5) is 25.7.